The van der Waals surface area contributed by atoms with E-state index in [1.807, 2.05) is 0 Å². The lowest BCUT2D eigenvalue weighted by Crippen LogP contribution is -2.35. The second-order valence-corrected chi connectivity index (χ2v) is 7.91. The Hall–Kier alpha value is -0.820. The molecule has 1 aliphatic rings. The molecule has 21 heavy (non-hydrogen) atoms. The van der Waals surface area contributed by atoms with Gasteiger partial charge in [0.25, 0.3) is 0 Å². The molecule has 0 amide bonds. The van der Waals surface area contributed by atoms with Crippen LogP contribution >= 0.6 is 0 Å². The first-order chi connectivity index (χ1) is 9.89. The minimum Gasteiger partial charge on any atom is -0.390 e. The van der Waals surface area contributed by atoms with E-state index in [4.69, 9.17) is 0 Å². The average molecular weight is 288 g/mol. The summed E-state index contributed by atoms with van der Waals surface area (Å²) in [5.74, 6) is 1.64. The number of aliphatic hydroxyl groups is 1. The third-order valence-electron chi connectivity index (χ3n) is 4.70. The molecular weight excluding hydrogens is 256 g/mol. The molecule has 1 heteroatoms. The van der Waals surface area contributed by atoms with E-state index in [2.05, 4.69) is 52.0 Å². The van der Waals surface area contributed by atoms with E-state index in [0.717, 1.165) is 19.3 Å². The standard InChI is InChI=1S/C20H32O/c1-15(2)12-20(21,13-16(3)4)14-18-10-7-9-17-8-5-6-11-19(17)18/h5-6,8,11,15-16,18,21H,7,9-10,12-14H2,1-4H3. The highest BCUT2D eigenvalue weighted by molar-refractivity contribution is 5.32. The van der Waals surface area contributed by atoms with Crippen molar-refractivity contribution in [2.45, 2.75) is 77.7 Å². The fraction of sp³-hybridized carbons (Fsp3) is 0.700. The van der Waals surface area contributed by atoms with Gasteiger partial charge in [0.05, 0.1) is 5.60 Å². The minimum absolute atomic E-state index is 0.503. The van der Waals surface area contributed by atoms with Crippen molar-refractivity contribution in [2.24, 2.45) is 11.8 Å². The Balaban J connectivity index is 2.17. The van der Waals surface area contributed by atoms with Gasteiger partial charge in [-0.15, -0.1) is 0 Å². The van der Waals surface area contributed by atoms with E-state index in [1.165, 1.54) is 30.4 Å². The Morgan fingerprint density at radius 3 is 2.33 bits per heavy atom. The maximum Gasteiger partial charge on any atom is 0.0658 e. The molecule has 0 saturated heterocycles. The van der Waals surface area contributed by atoms with Gasteiger partial charge in [0.1, 0.15) is 0 Å². The largest absolute Gasteiger partial charge is 0.390 e. The molecule has 0 aromatic heterocycles. The fourth-order valence-electron chi connectivity index (χ4n) is 4.30. The Kier molecular flexibility index (Phi) is 5.48. The predicted molar refractivity (Wildman–Crippen MR) is 90.6 cm³/mol. The molecule has 1 N–H and O–H groups in total. The second-order valence-electron chi connectivity index (χ2n) is 7.91. The summed E-state index contributed by atoms with van der Waals surface area (Å²) < 4.78 is 0. The van der Waals surface area contributed by atoms with E-state index >= 15 is 0 Å². The smallest absolute Gasteiger partial charge is 0.0658 e. The molecule has 0 spiro atoms. The average Bonchev–Trinajstić information content (AvgIpc) is 2.36. The van der Waals surface area contributed by atoms with Gasteiger partial charge in [-0.3, -0.25) is 0 Å². The number of hydrogen-bond acceptors (Lipinski definition) is 1. The van der Waals surface area contributed by atoms with Gasteiger partial charge in [-0.2, -0.15) is 0 Å². The van der Waals surface area contributed by atoms with Crippen LogP contribution in [0.25, 0.3) is 0 Å². The molecule has 0 saturated carbocycles. The van der Waals surface area contributed by atoms with Crippen molar-refractivity contribution in [1.29, 1.82) is 0 Å². The highest BCUT2D eigenvalue weighted by atomic mass is 16.3. The van der Waals surface area contributed by atoms with Gasteiger partial charge in [0.15, 0.2) is 0 Å². The van der Waals surface area contributed by atoms with Gasteiger partial charge in [-0.05, 0) is 67.4 Å². The zero-order valence-corrected chi connectivity index (χ0v) is 14.2. The zero-order chi connectivity index (χ0) is 15.5. The molecular formula is C20H32O. The first-order valence-electron chi connectivity index (χ1n) is 8.70. The summed E-state index contributed by atoms with van der Waals surface area (Å²) in [6, 6.07) is 8.85. The van der Waals surface area contributed by atoms with Crippen LogP contribution in [0.4, 0.5) is 0 Å². The van der Waals surface area contributed by atoms with Crippen molar-refractivity contribution in [2.75, 3.05) is 0 Å². The molecule has 1 aliphatic carbocycles. The lowest BCUT2D eigenvalue weighted by atomic mass is 9.72. The third-order valence-corrected chi connectivity index (χ3v) is 4.70. The van der Waals surface area contributed by atoms with Crippen molar-refractivity contribution in [3.63, 3.8) is 0 Å². The lowest BCUT2D eigenvalue weighted by Gasteiger charge is -2.37. The third kappa shape index (κ3) is 4.57. The van der Waals surface area contributed by atoms with Crippen LogP contribution in [0, 0.1) is 11.8 Å². The van der Waals surface area contributed by atoms with Gasteiger partial charge < -0.3 is 5.11 Å². The number of hydrogen-bond donors (Lipinski definition) is 1. The molecule has 1 nitrogen and oxygen atoms in total. The van der Waals surface area contributed by atoms with E-state index in [9.17, 15) is 5.11 Å². The lowest BCUT2D eigenvalue weighted by molar-refractivity contribution is -0.0146. The minimum atomic E-state index is -0.503. The van der Waals surface area contributed by atoms with Crippen LogP contribution in [0.3, 0.4) is 0 Å². The van der Waals surface area contributed by atoms with Crippen molar-refractivity contribution in [1.82, 2.24) is 0 Å². The molecule has 0 radical (unpaired) electrons. The Labute approximate surface area is 130 Å². The Morgan fingerprint density at radius 1 is 1.10 bits per heavy atom. The van der Waals surface area contributed by atoms with Crippen LogP contribution in [0.2, 0.25) is 0 Å². The molecule has 0 heterocycles. The van der Waals surface area contributed by atoms with Gasteiger partial charge >= 0.3 is 0 Å². The molecule has 1 atom stereocenters. The summed E-state index contributed by atoms with van der Waals surface area (Å²) >= 11 is 0. The molecule has 1 aromatic rings. The summed E-state index contributed by atoms with van der Waals surface area (Å²) in [7, 11) is 0. The van der Waals surface area contributed by atoms with Crippen molar-refractivity contribution in [3.8, 4) is 0 Å². The maximum absolute atomic E-state index is 11.2. The van der Waals surface area contributed by atoms with Crippen LogP contribution in [0.5, 0.6) is 0 Å². The summed E-state index contributed by atoms with van der Waals surface area (Å²) in [5.41, 5.74) is 2.50. The molecule has 1 unspecified atom stereocenters. The molecule has 0 bridgehead atoms. The van der Waals surface area contributed by atoms with Gasteiger partial charge in [-0.25, -0.2) is 0 Å². The monoisotopic (exact) mass is 288 g/mol. The zero-order valence-electron chi connectivity index (χ0n) is 14.2. The fourth-order valence-corrected chi connectivity index (χ4v) is 4.30. The first kappa shape index (κ1) is 16.5. The molecule has 1 aromatic carbocycles. The highest BCUT2D eigenvalue weighted by Gasteiger charge is 2.34. The molecule has 2 rings (SSSR count). The molecule has 0 fully saturated rings. The predicted octanol–water partition coefficient (Wildman–Crippen LogP) is 5.32. The van der Waals surface area contributed by atoms with Crippen molar-refractivity contribution < 1.29 is 5.11 Å². The number of benzene rings is 1. The molecule has 0 aliphatic heterocycles. The van der Waals surface area contributed by atoms with Crippen molar-refractivity contribution >= 4 is 0 Å². The normalized spacial score (nSPS) is 19.1. The summed E-state index contributed by atoms with van der Waals surface area (Å²) in [6.45, 7) is 8.89. The highest BCUT2D eigenvalue weighted by Crippen LogP contribution is 2.40. The Bertz CT molecular complexity index is 437. The van der Waals surface area contributed by atoms with Gasteiger partial charge in [0.2, 0.25) is 0 Å². The maximum atomic E-state index is 11.2. The molecule has 118 valence electrons. The Morgan fingerprint density at radius 2 is 1.71 bits per heavy atom. The van der Waals surface area contributed by atoms with Crippen LogP contribution < -0.4 is 0 Å². The van der Waals surface area contributed by atoms with E-state index in [-0.39, 0.29) is 0 Å². The van der Waals surface area contributed by atoms with Crippen LogP contribution in [0.15, 0.2) is 24.3 Å². The summed E-state index contributed by atoms with van der Waals surface area (Å²) in [5, 5.41) is 11.2. The van der Waals surface area contributed by atoms with Gasteiger partial charge in [0, 0.05) is 0 Å². The first-order valence-corrected chi connectivity index (χ1v) is 8.70. The second kappa shape index (κ2) is 6.96. The van der Waals surface area contributed by atoms with Gasteiger partial charge in [-0.1, -0.05) is 52.0 Å². The summed E-state index contributed by atoms with van der Waals surface area (Å²) in [6.07, 6.45) is 6.48. The van der Waals surface area contributed by atoms with Crippen LogP contribution in [0.1, 0.15) is 76.8 Å². The topological polar surface area (TPSA) is 20.2 Å². The van der Waals surface area contributed by atoms with E-state index in [0.29, 0.717) is 17.8 Å². The number of fused-ring (bicyclic) bond motifs is 1. The van der Waals surface area contributed by atoms with Crippen LogP contribution in [-0.4, -0.2) is 10.7 Å². The van der Waals surface area contributed by atoms with E-state index < -0.39 is 5.60 Å². The van der Waals surface area contributed by atoms with Crippen LogP contribution in [-0.2, 0) is 6.42 Å². The number of aryl methyl sites for hydroxylation is 1. The SMILES string of the molecule is CC(C)CC(O)(CC(C)C)CC1CCCc2ccccc21. The number of rotatable bonds is 6. The summed E-state index contributed by atoms with van der Waals surface area (Å²) in [4.78, 5) is 0. The quantitative estimate of drug-likeness (QED) is 0.751. The van der Waals surface area contributed by atoms with E-state index in [1.54, 1.807) is 0 Å². The van der Waals surface area contributed by atoms with Crippen molar-refractivity contribution in [3.05, 3.63) is 35.4 Å².